The quantitative estimate of drug-likeness (QED) is 0.581. The van der Waals surface area contributed by atoms with E-state index in [1.807, 2.05) is 41.3 Å². The van der Waals surface area contributed by atoms with Crippen LogP contribution in [0.15, 0.2) is 72.8 Å². The van der Waals surface area contributed by atoms with Gasteiger partial charge in [-0.25, -0.2) is 0 Å². The van der Waals surface area contributed by atoms with Gasteiger partial charge in [0.2, 0.25) is 5.91 Å². The maximum atomic E-state index is 12.7. The third-order valence-electron chi connectivity index (χ3n) is 5.54. The third kappa shape index (κ3) is 3.83. The highest BCUT2D eigenvalue weighted by atomic mass is 16.5. The summed E-state index contributed by atoms with van der Waals surface area (Å²) in [6.07, 6.45) is 1.30. The van der Waals surface area contributed by atoms with Gasteiger partial charge in [-0.3, -0.25) is 4.79 Å². The highest BCUT2D eigenvalue weighted by Gasteiger charge is 2.35. The summed E-state index contributed by atoms with van der Waals surface area (Å²) in [7, 11) is 3.31. The van der Waals surface area contributed by atoms with Crippen LogP contribution >= 0.6 is 0 Å². The predicted octanol–water partition coefficient (Wildman–Crippen LogP) is 5.23. The van der Waals surface area contributed by atoms with Gasteiger partial charge in [-0.15, -0.1) is 0 Å². The zero-order valence-corrected chi connectivity index (χ0v) is 16.8. The molecule has 1 aliphatic rings. The fourth-order valence-corrected chi connectivity index (χ4v) is 4.07. The average molecular weight is 387 g/mol. The Balaban J connectivity index is 1.60. The number of likely N-dealkylation sites (tertiary alicyclic amines) is 1. The molecular weight excluding hydrogens is 362 g/mol. The van der Waals surface area contributed by atoms with Crippen LogP contribution in [0.1, 0.15) is 30.0 Å². The molecule has 0 saturated carbocycles. The molecule has 1 fully saturated rings. The SMILES string of the molecule is COc1cccc(OC)c1C1CCC(=O)N1Cc1ccc(-c2ccccc2)cc1. The molecule has 3 aromatic rings. The van der Waals surface area contributed by atoms with Crippen molar-refractivity contribution in [3.05, 3.63) is 83.9 Å². The molecule has 1 heterocycles. The largest absolute Gasteiger partial charge is 0.496 e. The minimum atomic E-state index is -0.0533. The lowest BCUT2D eigenvalue weighted by molar-refractivity contribution is -0.129. The fraction of sp³-hybridized carbons (Fsp3) is 0.240. The molecule has 1 aliphatic heterocycles. The molecule has 1 unspecified atom stereocenters. The third-order valence-corrected chi connectivity index (χ3v) is 5.54. The molecule has 1 saturated heterocycles. The molecule has 148 valence electrons. The number of hydrogen-bond donors (Lipinski definition) is 0. The van der Waals surface area contributed by atoms with E-state index in [0.717, 1.165) is 29.0 Å². The molecule has 0 bridgehead atoms. The van der Waals surface area contributed by atoms with E-state index in [1.165, 1.54) is 11.1 Å². The summed E-state index contributed by atoms with van der Waals surface area (Å²) in [5.74, 6) is 1.68. The van der Waals surface area contributed by atoms with Crippen LogP contribution in [0, 0.1) is 0 Å². The van der Waals surface area contributed by atoms with Crippen molar-refractivity contribution in [2.45, 2.75) is 25.4 Å². The second kappa shape index (κ2) is 8.39. The van der Waals surface area contributed by atoms with E-state index in [1.54, 1.807) is 14.2 Å². The van der Waals surface area contributed by atoms with Crippen LogP contribution in [0.3, 0.4) is 0 Å². The Kier molecular flexibility index (Phi) is 5.52. The number of hydrogen-bond acceptors (Lipinski definition) is 3. The summed E-state index contributed by atoms with van der Waals surface area (Å²) in [5, 5.41) is 0. The van der Waals surface area contributed by atoms with Crippen LogP contribution in [-0.4, -0.2) is 25.0 Å². The summed E-state index contributed by atoms with van der Waals surface area (Å²) in [6, 6.07) is 24.4. The minimum absolute atomic E-state index is 0.0533. The van der Waals surface area contributed by atoms with E-state index < -0.39 is 0 Å². The summed E-state index contributed by atoms with van der Waals surface area (Å²) < 4.78 is 11.2. The number of nitrogens with zero attached hydrogens (tertiary/aromatic N) is 1. The zero-order valence-electron chi connectivity index (χ0n) is 16.8. The molecule has 0 aliphatic carbocycles. The molecule has 0 spiro atoms. The minimum Gasteiger partial charge on any atom is -0.496 e. The Morgan fingerprint density at radius 1 is 0.828 bits per heavy atom. The molecule has 29 heavy (non-hydrogen) atoms. The molecule has 1 atom stereocenters. The second-order valence-electron chi connectivity index (χ2n) is 7.22. The predicted molar refractivity (Wildman–Crippen MR) is 114 cm³/mol. The van der Waals surface area contributed by atoms with Gasteiger partial charge in [0.25, 0.3) is 0 Å². The number of carbonyl (C=O) groups is 1. The highest BCUT2D eigenvalue weighted by Crippen LogP contribution is 2.43. The average Bonchev–Trinajstić information content (AvgIpc) is 3.14. The van der Waals surface area contributed by atoms with Crippen molar-refractivity contribution < 1.29 is 14.3 Å². The van der Waals surface area contributed by atoms with E-state index >= 15 is 0 Å². The van der Waals surface area contributed by atoms with Crippen molar-refractivity contribution in [1.82, 2.24) is 4.90 Å². The summed E-state index contributed by atoms with van der Waals surface area (Å²) >= 11 is 0. The van der Waals surface area contributed by atoms with E-state index in [2.05, 4.69) is 36.4 Å². The Hall–Kier alpha value is -3.27. The number of benzene rings is 3. The lowest BCUT2D eigenvalue weighted by Crippen LogP contribution is -2.27. The Morgan fingerprint density at radius 3 is 2.07 bits per heavy atom. The second-order valence-corrected chi connectivity index (χ2v) is 7.22. The van der Waals surface area contributed by atoms with Crippen molar-refractivity contribution >= 4 is 5.91 Å². The van der Waals surface area contributed by atoms with Crippen LogP contribution in [0.2, 0.25) is 0 Å². The first-order valence-electron chi connectivity index (χ1n) is 9.86. The van der Waals surface area contributed by atoms with Crippen LogP contribution in [0.4, 0.5) is 0 Å². The van der Waals surface area contributed by atoms with Crippen molar-refractivity contribution in [2.24, 2.45) is 0 Å². The lowest BCUT2D eigenvalue weighted by atomic mass is 10.0. The monoisotopic (exact) mass is 387 g/mol. The molecular formula is C25H25NO3. The van der Waals surface area contributed by atoms with E-state index in [-0.39, 0.29) is 11.9 Å². The van der Waals surface area contributed by atoms with E-state index in [0.29, 0.717) is 13.0 Å². The van der Waals surface area contributed by atoms with Gasteiger partial charge in [0.1, 0.15) is 11.5 Å². The van der Waals surface area contributed by atoms with Gasteiger partial charge >= 0.3 is 0 Å². The van der Waals surface area contributed by atoms with Crippen molar-refractivity contribution in [2.75, 3.05) is 14.2 Å². The van der Waals surface area contributed by atoms with Gasteiger partial charge in [0.05, 0.1) is 25.8 Å². The lowest BCUT2D eigenvalue weighted by Gasteiger charge is -2.28. The van der Waals surface area contributed by atoms with Gasteiger partial charge < -0.3 is 14.4 Å². The maximum absolute atomic E-state index is 12.7. The molecule has 4 rings (SSSR count). The van der Waals surface area contributed by atoms with Gasteiger partial charge in [-0.1, -0.05) is 60.7 Å². The standard InChI is InChI=1S/C25H25NO3/c1-28-22-9-6-10-23(29-2)25(22)21-15-16-24(27)26(21)17-18-11-13-20(14-12-18)19-7-4-3-5-8-19/h3-14,21H,15-17H2,1-2H3. The smallest absolute Gasteiger partial charge is 0.223 e. The molecule has 0 aromatic heterocycles. The molecule has 4 heteroatoms. The first-order chi connectivity index (χ1) is 14.2. The number of rotatable bonds is 6. The van der Waals surface area contributed by atoms with E-state index in [4.69, 9.17) is 9.47 Å². The first kappa shape index (κ1) is 19.1. The van der Waals surface area contributed by atoms with Crippen molar-refractivity contribution in [3.63, 3.8) is 0 Å². The van der Waals surface area contributed by atoms with Crippen molar-refractivity contribution in [3.8, 4) is 22.6 Å². The van der Waals surface area contributed by atoms with Crippen LogP contribution in [0.25, 0.3) is 11.1 Å². The molecule has 0 radical (unpaired) electrons. The van der Waals surface area contributed by atoms with Crippen LogP contribution in [-0.2, 0) is 11.3 Å². The summed E-state index contributed by atoms with van der Waals surface area (Å²) in [6.45, 7) is 0.569. The zero-order chi connectivity index (χ0) is 20.2. The number of methoxy groups -OCH3 is 2. The van der Waals surface area contributed by atoms with Gasteiger partial charge in [0, 0.05) is 13.0 Å². The van der Waals surface area contributed by atoms with Gasteiger partial charge in [-0.2, -0.15) is 0 Å². The first-order valence-corrected chi connectivity index (χ1v) is 9.86. The fourth-order valence-electron chi connectivity index (χ4n) is 4.07. The van der Waals surface area contributed by atoms with Crippen LogP contribution in [0.5, 0.6) is 11.5 Å². The highest BCUT2D eigenvalue weighted by molar-refractivity contribution is 5.79. The molecule has 0 N–H and O–H groups in total. The Labute approximate surface area is 171 Å². The Bertz CT molecular complexity index is 960. The summed E-state index contributed by atoms with van der Waals surface area (Å²) in [4.78, 5) is 14.6. The van der Waals surface area contributed by atoms with Gasteiger partial charge in [0.15, 0.2) is 0 Å². The topological polar surface area (TPSA) is 38.8 Å². The van der Waals surface area contributed by atoms with Crippen LogP contribution < -0.4 is 9.47 Å². The Morgan fingerprint density at radius 2 is 1.45 bits per heavy atom. The number of ether oxygens (including phenoxy) is 2. The van der Waals surface area contributed by atoms with Crippen molar-refractivity contribution in [1.29, 1.82) is 0 Å². The van der Waals surface area contributed by atoms with E-state index in [9.17, 15) is 4.79 Å². The number of amides is 1. The maximum Gasteiger partial charge on any atom is 0.223 e. The van der Waals surface area contributed by atoms with Gasteiger partial charge in [-0.05, 0) is 35.2 Å². The molecule has 3 aromatic carbocycles. The number of carbonyl (C=O) groups excluding carboxylic acids is 1. The molecule has 1 amide bonds. The summed E-state index contributed by atoms with van der Waals surface area (Å²) in [5.41, 5.74) is 4.42. The normalized spacial score (nSPS) is 16.1. The molecule has 4 nitrogen and oxygen atoms in total.